The van der Waals surface area contributed by atoms with Crippen molar-refractivity contribution in [2.75, 3.05) is 38.1 Å². The molecule has 0 saturated carbocycles. The van der Waals surface area contributed by atoms with Gasteiger partial charge in [0.1, 0.15) is 5.75 Å². The van der Waals surface area contributed by atoms with Crippen molar-refractivity contribution >= 4 is 11.6 Å². The van der Waals surface area contributed by atoms with Gasteiger partial charge in [0.15, 0.2) is 0 Å². The molecule has 3 rings (SSSR count). The van der Waals surface area contributed by atoms with Gasteiger partial charge in [-0.1, -0.05) is 18.2 Å². The zero-order valence-corrected chi connectivity index (χ0v) is 16.3. The van der Waals surface area contributed by atoms with Crippen LogP contribution in [0.25, 0.3) is 0 Å². The molecule has 1 unspecified atom stereocenters. The Morgan fingerprint density at radius 1 is 1.15 bits per heavy atom. The minimum atomic E-state index is -0.205. The van der Waals surface area contributed by atoms with Gasteiger partial charge in [-0.3, -0.25) is 14.7 Å². The van der Waals surface area contributed by atoms with Crippen LogP contribution in [0.5, 0.6) is 5.75 Å². The van der Waals surface area contributed by atoms with Gasteiger partial charge >= 0.3 is 0 Å². The molecule has 27 heavy (non-hydrogen) atoms. The Kier molecular flexibility index (Phi) is 5.96. The van der Waals surface area contributed by atoms with Crippen LogP contribution in [0, 0.1) is 6.92 Å². The summed E-state index contributed by atoms with van der Waals surface area (Å²) in [4.78, 5) is 23.5. The maximum Gasteiger partial charge on any atom is 0.239 e. The number of amides is 1. The molecule has 1 atom stereocenters. The summed E-state index contributed by atoms with van der Waals surface area (Å²) in [5, 5.41) is 10.0. The van der Waals surface area contributed by atoms with E-state index in [0.717, 1.165) is 30.2 Å². The van der Waals surface area contributed by atoms with Gasteiger partial charge < -0.3 is 14.9 Å². The van der Waals surface area contributed by atoms with Crippen molar-refractivity contribution in [3.8, 4) is 5.75 Å². The average Bonchev–Trinajstić information content (AvgIpc) is 2.67. The molecule has 0 bridgehead atoms. The van der Waals surface area contributed by atoms with E-state index in [2.05, 4.69) is 9.88 Å². The molecule has 2 heterocycles. The minimum absolute atomic E-state index is 0.141. The number of rotatable bonds is 5. The third-order valence-electron chi connectivity index (χ3n) is 5.19. The Morgan fingerprint density at radius 3 is 2.52 bits per heavy atom. The first kappa shape index (κ1) is 19.2. The number of hydrogen-bond acceptors (Lipinski definition) is 5. The van der Waals surface area contributed by atoms with Crippen molar-refractivity contribution in [3.63, 3.8) is 0 Å². The number of carbonyl (C=O) groups excluding carboxylic acids is 1. The molecule has 1 aromatic heterocycles. The first-order valence-electron chi connectivity index (χ1n) is 9.40. The number of pyridine rings is 1. The highest BCUT2D eigenvalue weighted by Crippen LogP contribution is 2.27. The van der Waals surface area contributed by atoms with Crippen LogP contribution in [0.15, 0.2) is 42.5 Å². The van der Waals surface area contributed by atoms with Crippen molar-refractivity contribution in [1.29, 1.82) is 0 Å². The maximum atomic E-state index is 12.9. The standard InChI is InChI=1S/C21H28N4O2/c1-16-7-6-8-18(22-16)15-23(3)17(2)21(27)25-13-11-24(12-14-25)19-9-4-5-10-20(19)26/h4-10,17,26H,11-15H2,1-3H3. The van der Waals surface area contributed by atoms with Gasteiger partial charge in [-0.25, -0.2) is 0 Å². The van der Waals surface area contributed by atoms with E-state index in [4.69, 9.17) is 0 Å². The number of hydrogen-bond donors (Lipinski definition) is 1. The molecule has 144 valence electrons. The molecule has 1 N–H and O–H groups in total. The number of nitrogens with zero attached hydrogens (tertiary/aromatic N) is 4. The highest BCUT2D eigenvalue weighted by molar-refractivity contribution is 5.81. The lowest BCUT2D eigenvalue weighted by Crippen LogP contribution is -2.53. The zero-order valence-electron chi connectivity index (χ0n) is 16.3. The predicted molar refractivity (Wildman–Crippen MR) is 107 cm³/mol. The Hall–Kier alpha value is -2.60. The summed E-state index contributed by atoms with van der Waals surface area (Å²) >= 11 is 0. The molecular formula is C21H28N4O2. The molecule has 1 aliphatic heterocycles. The van der Waals surface area contributed by atoms with E-state index in [1.165, 1.54) is 0 Å². The van der Waals surface area contributed by atoms with Gasteiger partial charge in [-0.2, -0.15) is 0 Å². The second-order valence-electron chi connectivity index (χ2n) is 7.16. The number of aryl methyl sites for hydroxylation is 1. The zero-order chi connectivity index (χ0) is 19.4. The lowest BCUT2D eigenvalue weighted by Gasteiger charge is -2.38. The molecule has 1 saturated heterocycles. The third kappa shape index (κ3) is 4.57. The molecule has 0 aliphatic carbocycles. The number of benzene rings is 1. The Balaban J connectivity index is 1.56. The summed E-state index contributed by atoms with van der Waals surface area (Å²) in [6.45, 7) is 7.34. The molecule has 1 aromatic carbocycles. The number of phenols is 1. The lowest BCUT2D eigenvalue weighted by molar-refractivity contribution is -0.136. The summed E-state index contributed by atoms with van der Waals surface area (Å²) < 4.78 is 0. The fraction of sp³-hybridized carbons (Fsp3) is 0.429. The Bertz CT molecular complexity index is 787. The van der Waals surface area contributed by atoms with Crippen LogP contribution in [0.2, 0.25) is 0 Å². The number of phenolic OH excluding ortho intramolecular Hbond substituents is 1. The fourth-order valence-corrected chi connectivity index (χ4v) is 3.43. The second kappa shape index (κ2) is 8.39. The van der Waals surface area contributed by atoms with E-state index >= 15 is 0 Å². The largest absolute Gasteiger partial charge is 0.506 e. The van der Waals surface area contributed by atoms with Crippen LogP contribution in [-0.4, -0.2) is 65.1 Å². The summed E-state index contributed by atoms with van der Waals surface area (Å²) in [5.74, 6) is 0.429. The Labute approximate surface area is 161 Å². The minimum Gasteiger partial charge on any atom is -0.506 e. The summed E-state index contributed by atoms with van der Waals surface area (Å²) in [6, 6.07) is 13.1. The number of para-hydroxylation sites is 2. The number of aromatic nitrogens is 1. The van der Waals surface area contributed by atoms with Gasteiger partial charge in [0.05, 0.1) is 17.4 Å². The van der Waals surface area contributed by atoms with Crippen molar-refractivity contribution in [2.24, 2.45) is 0 Å². The molecule has 0 spiro atoms. The van der Waals surface area contributed by atoms with E-state index in [1.807, 2.05) is 67.1 Å². The van der Waals surface area contributed by atoms with E-state index in [0.29, 0.717) is 19.6 Å². The van der Waals surface area contributed by atoms with Crippen LogP contribution < -0.4 is 4.90 Å². The van der Waals surface area contributed by atoms with Gasteiger partial charge in [0, 0.05) is 38.4 Å². The molecule has 6 nitrogen and oxygen atoms in total. The quantitative estimate of drug-likeness (QED) is 0.877. The van der Waals surface area contributed by atoms with E-state index in [-0.39, 0.29) is 17.7 Å². The van der Waals surface area contributed by atoms with E-state index in [9.17, 15) is 9.90 Å². The number of anilines is 1. The van der Waals surface area contributed by atoms with E-state index in [1.54, 1.807) is 6.07 Å². The highest BCUT2D eigenvalue weighted by atomic mass is 16.3. The van der Waals surface area contributed by atoms with Gasteiger partial charge in [-0.05, 0) is 45.2 Å². The van der Waals surface area contributed by atoms with Crippen molar-refractivity contribution in [3.05, 3.63) is 53.9 Å². The van der Waals surface area contributed by atoms with Crippen molar-refractivity contribution in [1.82, 2.24) is 14.8 Å². The van der Waals surface area contributed by atoms with Crippen LogP contribution in [-0.2, 0) is 11.3 Å². The SMILES string of the molecule is Cc1cccc(CN(C)C(C)C(=O)N2CCN(c3ccccc3O)CC2)n1. The number of piperazine rings is 1. The second-order valence-corrected chi connectivity index (χ2v) is 7.16. The fourth-order valence-electron chi connectivity index (χ4n) is 3.43. The highest BCUT2D eigenvalue weighted by Gasteiger charge is 2.27. The number of likely N-dealkylation sites (N-methyl/N-ethyl adjacent to an activating group) is 1. The molecule has 1 fully saturated rings. The van der Waals surface area contributed by atoms with Gasteiger partial charge in [0.2, 0.25) is 5.91 Å². The van der Waals surface area contributed by atoms with E-state index < -0.39 is 0 Å². The smallest absolute Gasteiger partial charge is 0.239 e. The normalized spacial score (nSPS) is 15.9. The topological polar surface area (TPSA) is 59.9 Å². The maximum absolute atomic E-state index is 12.9. The molecular weight excluding hydrogens is 340 g/mol. The van der Waals surface area contributed by atoms with Crippen LogP contribution in [0.4, 0.5) is 5.69 Å². The van der Waals surface area contributed by atoms with Crippen molar-refractivity contribution in [2.45, 2.75) is 26.4 Å². The average molecular weight is 368 g/mol. The molecule has 6 heteroatoms. The first-order chi connectivity index (χ1) is 13.0. The summed E-state index contributed by atoms with van der Waals surface area (Å²) in [5.41, 5.74) is 2.79. The molecule has 1 aliphatic rings. The lowest BCUT2D eigenvalue weighted by atomic mass is 10.2. The monoisotopic (exact) mass is 368 g/mol. The van der Waals surface area contributed by atoms with Crippen molar-refractivity contribution < 1.29 is 9.90 Å². The number of aromatic hydroxyl groups is 1. The molecule has 0 radical (unpaired) electrons. The van der Waals surface area contributed by atoms with Gasteiger partial charge in [-0.15, -0.1) is 0 Å². The Morgan fingerprint density at radius 2 is 1.85 bits per heavy atom. The third-order valence-corrected chi connectivity index (χ3v) is 5.19. The number of carbonyl (C=O) groups is 1. The van der Waals surface area contributed by atoms with Gasteiger partial charge in [0.25, 0.3) is 0 Å². The molecule has 1 amide bonds. The van der Waals surface area contributed by atoms with Crippen LogP contribution >= 0.6 is 0 Å². The predicted octanol–water partition coefficient (Wildman–Crippen LogP) is 2.26. The summed E-state index contributed by atoms with van der Waals surface area (Å²) in [6.07, 6.45) is 0. The first-order valence-corrected chi connectivity index (χ1v) is 9.40. The van der Waals surface area contributed by atoms with Crippen LogP contribution in [0.3, 0.4) is 0 Å². The van der Waals surface area contributed by atoms with Crippen LogP contribution in [0.1, 0.15) is 18.3 Å². The molecule has 2 aromatic rings. The summed E-state index contributed by atoms with van der Waals surface area (Å²) in [7, 11) is 1.96.